The molecule has 39 heavy (non-hydrogen) atoms. The number of rotatable bonds is 7. The maximum absolute atomic E-state index is 14.0. The van der Waals surface area contributed by atoms with Gasteiger partial charge in [-0.15, -0.1) is 0 Å². The fourth-order valence-corrected chi connectivity index (χ4v) is 5.11. The third kappa shape index (κ3) is 7.75. The summed E-state index contributed by atoms with van der Waals surface area (Å²) < 4.78 is 0. The Hall–Kier alpha value is -2.60. The molecule has 1 saturated heterocycles. The number of Topliss-reactive ketones (excluding diaryl/α,β-unsaturated/α-hetero) is 1. The molecule has 8 heteroatoms. The number of hydrogen-bond acceptors (Lipinski definition) is 3. The zero-order valence-electron chi connectivity index (χ0n) is 21.6. The second-order valence-corrected chi connectivity index (χ2v) is 11.4. The van der Waals surface area contributed by atoms with Gasteiger partial charge < -0.3 is 10.2 Å². The van der Waals surface area contributed by atoms with E-state index in [-0.39, 0.29) is 30.8 Å². The molecule has 1 aliphatic heterocycles. The average molecular weight is 602 g/mol. The van der Waals surface area contributed by atoms with E-state index in [1.54, 1.807) is 53.5 Å². The van der Waals surface area contributed by atoms with Crippen LogP contribution in [-0.4, -0.2) is 41.8 Å². The Kier molecular flexibility index (Phi) is 9.92. The van der Waals surface area contributed by atoms with E-state index in [0.717, 1.165) is 16.7 Å². The van der Waals surface area contributed by atoms with Crippen molar-refractivity contribution in [2.45, 2.75) is 32.4 Å². The first-order chi connectivity index (χ1) is 18.6. The lowest BCUT2D eigenvalue weighted by Crippen LogP contribution is -2.52. The van der Waals surface area contributed by atoms with Gasteiger partial charge in [0.05, 0.1) is 26.1 Å². The second kappa shape index (κ2) is 13.2. The number of nitrogens with one attached hydrogen (secondary N) is 1. The molecule has 0 aromatic heterocycles. The number of ketones is 1. The molecular formula is C31H28Cl4N2O2. The zero-order valence-corrected chi connectivity index (χ0v) is 24.6. The predicted octanol–water partition coefficient (Wildman–Crippen LogP) is 7.79. The highest BCUT2D eigenvalue weighted by Gasteiger charge is 2.33. The summed E-state index contributed by atoms with van der Waals surface area (Å²) in [6.45, 7) is 4.36. The van der Waals surface area contributed by atoms with Crippen LogP contribution in [-0.2, 0) is 16.0 Å². The summed E-state index contributed by atoms with van der Waals surface area (Å²) >= 11 is 24.6. The number of likely N-dealkylation sites (tertiary alicyclic amines) is 1. The topological polar surface area (TPSA) is 49.4 Å². The van der Waals surface area contributed by atoms with Crippen LogP contribution in [0.5, 0.6) is 0 Å². The maximum Gasteiger partial charge on any atom is 0.240 e. The highest BCUT2D eigenvalue weighted by atomic mass is 35.5. The lowest BCUT2D eigenvalue weighted by atomic mass is 9.93. The van der Waals surface area contributed by atoms with Crippen LogP contribution in [0.1, 0.15) is 30.5 Å². The Bertz CT molecular complexity index is 1360. The van der Waals surface area contributed by atoms with E-state index >= 15 is 0 Å². The molecule has 1 amide bonds. The molecule has 0 spiro atoms. The van der Waals surface area contributed by atoms with Crippen LogP contribution in [0.2, 0.25) is 20.1 Å². The minimum Gasteiger partial charge on any atom is -0.332 e. The fourth-order valence-electron chi connectivity index (χ4n) is 4.49. The summed E-state index contributed by atoms with van der Waals surface area (Å²) in [7, 11) is 0. The minimum atomic E-state index is -0.460. The smallest absolute Gasteiger partial charge is 0.240 e. The van der Waals surface area contributed by atoms with Crippen molar-refractivity contribution in [3.63, 3.8) is 0 Å². The molecule has 4 nitrogen and oxygen atoms in total. The van der Waals surface area contributed by atoms with Crippen molar-refractivity contribution in [1.82, 2.24) is 10.2 Å². The Balaban J connectivity index is 1.72. The van der Waals surface area contributed by atoms with Gasteiger partial charge in [-0.3, -0.25) is 9.59 Å². The van der Waals surface area contributed by atoms with E-state index in [1.807, 2.05) is 44.2 Å². The van der Waals surface area contributed by atoms with Crippen molar-refractivity contribution in [2.24, 2.45) is 0 Å². The van der Waals surface area contributed by atoms with Gasteiger partial charge >= 0.3 is 0 Å². The summed E-state index contributed by atoms with van der Waals surface area (Å²) in [6, 6.07) is 19.9. The monoisotopic (exact) mass is 600 g/mol. The largest absolute Gasteiger partial charge is 0.332 e. The lowest BCUT2D eigenvalue weighted by molar-refractivity contribution is -0.133. The van der Waals surface area contributed by atoms with Crippen molar-refractivity contribution >= 4 is 70.2 Å². The van der Waals surface area contributed by atoms with Crippen molar-refractivity contribution in [2.75, 3.05) is 13.1 Å². The van der Waals surface area contributed by atoms with Gasteiger partial charge in [-0.25, -0.2) is 0 Å². The van der Waals surface area contributed by atoms with Crippen LogP contribution in [0.4, 0.5) is 0 Å². The van der Waals surface area contributed by atoms with Gasteiger partial charge in [0.25, 0.3) is 0 Å². The van der Waals surface area contributed by atoms with E-state index < -0.39 is 6.04 Å². The molecule has 0 aliphatic carbocycles. The molecule has 1 fully saturated rings. The number of carbonyl (C=O) groups excluding carboxylic acids is 2. The molecule has 3 aromatic rings. The Labute approximate surface area is 249 Å². The fraction of sp³-hybridized carbons (Fsp3) is 0.226. The first kappa shape index (κ1) is 29.4. The summed E-state index contributed by atoms with van der Waals surface area (Å²) in [5.74, 6) is -0.229. The van der Waals surface area contributed by atoms with E-state index in [4.69, 9.17) is 46.4 Å². The van der Waals surface area contributed by atoms with Crippen molar-refractivity contribution in [3.8, 4) is 0 Å². The van der Waals surface area contributed by atoms with E-state index in [0.29, 0.717) is 37.7 Å². The summed E-state index contributed by atoms with van der Waals surface area (Å²) in [5.41, 5.74) is 3.44. The van der Waals surface area contributed by atoms with Crippen molar-refractivity contribution < 1.29 is 9.59 Å². The molecule has 0 bridgehead atoms. The molecule has 1 atom stereocenters. The van der Waals surface area contributed by atoms with Crippen molar-refractivity contribution in [1.29, 1.82) is 0 Å². The normalized spacial score (nSPS) is 16.8. The Morgan fingerprint density at radius 1 is 0.821 bits per heavy atom. The van der Waals surface area contributed by atoms with Gasteiger partial charge in [0.2, 0.25) is 5.91 Å². The van der Waals surface area contributed by atoms with E-state index in [2.05, 4.69) is 5.32 Å². The van der Waals surface area contributed by atoms with E-state index in [1.165, 1.54) is 0 Å². The number of amides is 1. The maximum atomic E-state index is 14.0. The van der Waals surface area contributed by atoms with Gasteiger partial charge in [0.1, 0.15) is 0 Å². The third-order valence-electron chi connectivity index (χ3n) is 6.30. The first-order valence-electron chi connectivity index (χ1n) is 12.6. The SMILES string of the molecule is CC(C)N[C@H](Cc1ccccc1)C(=O)N1C/C(=C\c2ccc(Cl)c(Cl)c2)C(=O)/C(=C/c2ccc(Cl)c(Cl)c2)C1. The van der Waals surface area contributed by atoms with Crippen LogP contribution in [0, 0.1) is 0 Å². The molecule has 1 heterocycles. The molecule has 0 radical (unpaired) electrons. The number of halogens is 4. The first-order valence-corrected chi connectivity index (χ1v) is 14.1. The average Bonchev–Trinajstić information content (AvgIpc) is 2.90. The molecule has 0 unspecified atom stereocenters. The number of nitrogens with zero attached hydrogens (tertiary/aromatic N) is 1. The second-order valence-electron chi connectivity index (χ2n) is 9.77. The van der Waals surface area contributed by atoms with Crippen molar-refractivity contribution in [3.05, 3.63) is 115 Å². The Morgan fingerprint density at radius 3 is 1.79 bits per heavy atom. The molecule has 1 N–H and O–H groups in total. The van der Waals surface area contributed by atoms with Gasteiger partial charge in [-0.1, -0.05) is 103 Å². The molecule has 3 aromatic carbocycles. The summed E-state index contributed by atoms with van der Waals surface area (Å²) in [4.78, 5) is 29.3. The van der Waals surface area contributed by atoms with Crippen LogP contribution in [0.25, 0.3) is 12.2 Å². The highest BCUT2D eigenvalue weighted by molar-refractivity contribution is 6.42. The number of hydrogen-bond donors (Lipinski definition) is 1. The third-order valence-corrected chi connectivity index (χ3v) is 7.78. The molecule has 202 valence electrons. The molecule has 4 rings (SSSR count). The van der Waals surface area contributed by atoms with Gasteiger partial charge in [-0.2, -0.15) is 0 Å². The van der Waals surface area contributed by atoms with Gasteiger partial charge in [-0.05, 0) is 59.5 Å². The Morgan fingerprint density at radius 2 is 1.33 bits per heavy atom. The van der Waals surface area contributed by atoms with E-state index in [9.17, 15) is 9.59 Å². The van der Waals surface area contributed by atoms with Crippen LogP contribution in [0.3, 0.4) is 0 Å². The molecular weight excluding hydrogens is 574 g/mol. The zero-order chi connectivity index (χ0) is 28.1. The minimum absolute atomic E-state index is 0.0832. The van der Waals surface area contributed by atoms with Crippen LogP contribution < -0.4 is 5.32 Å². The molecule has 1 aliphatic rings. The lowest BCUT2D eigenvalue weighted by Gasteiger charge is -2.33. The quantitative estimate of drug-likeness (QED) is 0.281. The number of carbonyl (C=O) groups is 2. The highest BCUT2D eigenvalue weighted by Crippen LogP contribution is 2.28. The standard InChI is InChI=1S/C31H28Cl4N2O2/c1-19(2)36-29(16-20-6-4-3-5-7-20)31(39)37-17-23(12-21-8-10-25(32)27(34)14-21)30(38)24(18-37)13-22-9-11-26(33)28(35)15-22/h3-15,19,29,36H,16-18H2,1-2H3/b23-12+,24-13+/t29-/m1/s1. The predicted molar refractivity (Wildman–Crippen MR) is 163 cm³/mol. The van der Waals surface area contributed by atoms with Gasteiger partial charge in [0, 0.05) is 30.3 Å². The van der Waals surface area contributed by atoms with Crippen LogP contribution in [0.15, 0.2) is 77.9 Å². The van der Waals surface area contributed by atoms with Crippen LogP contribution >= 0.6 is 46.4 Å². The molecule has 0 saturated carbocycles. The summed E-state index contributed by atoms with van der Waals surface area (Å²) in [6.07, 6.45) is 4.05. The number of benzene rings is 3. The number of piperidine rings is 1. The van der Waals surface area contributed by atoms with Gasteiger partial charge in [0.15, 0.2) is 5.78 Å². The summed E-state index contributed by atoms with van der Waals surface area (Å²) in [5, 5.41) is 5.04.